The molecule has 0 saturated carbocycles. The van der Waals surface area contributed by atoms with E-state index in [-0.39, 0.29) is 0 Å². The van der Waals surface area contributed by atoms with Gasteiger partial charge in [0.05, 0.1) is 16.6 Å². The molecule has 2 N–H and O–H groups in total. The molecule has 0 amide bonds. The van der Waals surface area contributed by atoms with E-state index in [1.807, 2.05) is 31.2 Å². The van der Waals surface area contributed by atoms with Crippen LogP contribution in [0.1, 0.15) is 11.3 Å². The molecule has 0 aliphatic carbocycles. The number of aromatic nitrogens is 2. The lowest BCUT2D eigenvalue weighted by Crippen LogP contribution is -1.97. The van der Waals surface area contributed by atoms with Gasteiger partial charge in [0, 0.05) is 5.69 Å². The number of nitrogens with zero attached hydrogens (tertiary/aromatic N) is 3. The number of fused-ring (bicyclic) bond motifs is 1. The van der Waals surface area contributed by atoms with Gasteiger partial charge in [0.25, 0.3) is 0 Å². The fourth-order valence-electron chi connectivity index (χ4n) is 2.00. The van der Waals surface area contributed by atoms with Crippen molar-refractivity contribution in [2.75, 3.05) is 5.73 Å². The van der Waals surface area contributed by atoms with E-state index in [1.54, 1.807) is 18.2 Å². The highest BCUT2D eigenvalue weighted by molar-refractivity contribution is 5.74. The molecule has 0 unspecified atom stereocenters. The van der Waals surface area contributed by atoms with Crippen LogP contribution in [0.15, 0.2) is 42.5 Å². The molecule has 102 valence electrons. The number of para-hydroxylation sites is 2. The lowest BCUT2D eigenvalue weighted by Gasteiger charge is -2.09. The number of benzene rings is 2. The van der Waals surface area contributed by atoms with E-state index in [1.165, 1.54) is 0 Å². The molecule has 0 radical (unpaired) electrons. The summed E-state index contributed by atoms with van der Waals surface area (Å²) in [6, 6.07) is 14.5. The maximum absolute atomic E-state index is 9.14. The van der Waals surface area contributed by atoms with Gasteiger partial charge in [-0.25, -0.2) is 9.97 Å². The van der Waals surface area contributed by atoms with Crippen molar-refractivity contribution in [3.05, 3.63) is 53.7 Å². The molecule has 0 aliphatic heterocycles. The van der Waals surface area contributed by atoms with E-state index in [2.05, 4.69) is 16.0 Å². The van der Waals surface area contributed by atoms with Crippen molar-refractivity contribution in [1.82, 2.24) is 9.97 Å². The number of anilines is 1. The van der Waals surface area contributed by atoms with Crippen LogP contribution in [0.4, 0.5) is 5.69 Å². The molecule has 2 aromatic carbocycles. The Morgan fingerprint density at radius 3 is 2.52 bits per heavy atom. The predicted octanol–water partition coefficient (Wildman–Crippen LogP) is 3.18. The smallest absolute Gasteiger partial charge is 0.241 e. The Kier molecular flexibility index (Phi) is 3.13. The van der Waals surface area contributed by atoms with Gasteiger partial charge >= 0.3 is 0 Å². The number of nitrogen functional groups attached to an aromatic ring is 1. The molecule has 0 saturated heterocycles. The van der Waals surface area contributed by atoms with Crippen LogP contribution in [0, 0.1) is 18.3 Å². The largest absolute Gasteiger partial charge is 0.436 e. The van der Waals surface area contributed by atoms with Crippen molar-refractivity contribution in [3.63, 3.8) is 0 Å². The van der Waals surface area contributed by atoms with Gasteiger partial charge in [-0.3, -0.25) is 0 Å². The Bertz CT molecular complexity index is 868. The molecule has 3 rings (SSSR count). The first-order valence-electron chi connectivity index (χ1n) is 6.38. The van der Waals surface area contributed by atoms with Crippen LogP contribution < -0.4 is 10.5 Å². The molecule has 5 heteroatoms. The number of nitrogens with two attached hydrogens (primary N) is 1. The van der Waals surface area contributed by atoms with Gasteiger partial charge in [-0.05, 0) is 37.3 Å². The van der Waals surface area contributed by atoms with Crippen LogP contribution in [-0.4, -0.2) is 9.97 Å². The second kappa shape index (κ2) is 5.10. The first-order chi connectivity index (χ1) is 10.2. The Morgan fingerprint density at radius 1 is 1.10 bits per heavy atom. The average Bonchev–Trinajstić information content (AvgIpc) is 2.49. The molecule has 3 aromatic rings. The molecule has 0 spiro atoms. The van der Waals surface area contributed by atoms with Gasteiger partial charge in [-0.2, -0.15) is 5.26 Å². The summed E-state index contributed by atoms with van der Waals surface area (Å²) in [6.45, 7) is 1.82. The van der Waals surface area contributed by atoms with Gasteiger partial charge in [0.1, 0.15) is 17.5 Å². The van der Waals surface area contributed by atoms with Gasteiger partial charge in [-0.15, -0.1) is 0 Å². The number of aryl methyl sites for hydroxylation is 1. The molecule has 1 heterocycles. The second-order valence-electron chi connectivity index (χ2n) is 4.57. The summed E-state index contributed by atoms with van der Waals surface area (Å²) in [6.07, 6.45) is 0. The zero-order valence-corrected chi connectivity index (χ0v) is 11.4. The molecule has 1 aromatic heterocycles. The van der Waals surface area contributed by atoms with Gasteiger partial charge in [0.15, 0.2) is 0 Å². The summed E-state index contributed by atoms with van der Waals surface area (Å²) in [4.78, 5) is 8.89. The highest BCUT2D eigenvalue weighted by Gasteiger charge is 2.10. The van der Waals surface area contributed by atoms with Crippen LogP contribution in [-0.2, 0) is 0 Å². The lowest BCUT2D eigenvalue weighted by atomic mass is 10.2. The minimum Gasteiger partial charge on any atom is -0.436 e. The standard InChI is InChI=1S/C16H12N4O/c1-10-16(20-14-5-3-2-4-13(14)19-10)21-15-7-6-12(18)8-11(15)9-17/h2-8H,18H2,1H3. The van der Waals surface area contributed by atoms with Crippen molar-refractivity contribution >= 4 is 16.7 Å². The summed E-state index contributed by atoms with van der Waals surface area (Å²) in [5.41, 5.74) is 8.76. The van der Waals surface area contributed by atoms with Crippen molar-refractivity contribution in [2.45, 2.75) is 6.92 Å². The fraction of sp³-hybridized carbons (Fsp3) is 0.0625. The van der Waals surface area contributed by atoms with Gasteiger partial charge in [0.2, 0.25) is 5.88 Å². The molecule has 21 heavy (non-hydrogen) atoms. The molecule has 0 fully saturated rings. The summed E-state index contributed by atoms with van der Waals surface area (Å²) in [5, 5.41) is 9.14. The van der Waals surface area contributed by atoms with E-state index < -0.39 is 0 Å². The normalized spacial score (nSPS) is 10.3. The van der Waals surface area contributed by atoms with Crippen LogP contribution in [0.25, 0.3) is 11.0 Å². The van der Waals surface area contributed by atoms with E-state index in [0.717, 1.165) is 11.0 Å². The summed E-state index contributed by atoms with van der Waals surface area (Å²) in [7, 11) is 0. The molecule has 0 bridgehead atoms. The average molecular weight is 276 g/mol. The van der Waals surface area contributed by atoms with Gasteiger partial charge < -0.3 is 10.5 Å². The highest BCUT2D eigenvalue weighted by Crippen LogP contribution is 2.28. The third-order valence-corrected chi connectivity index (χ3v) is 3.03. The Morgan fingerprint density at radius 2 is 1.81 bits per heavy atom. The molecule has 0 atom stereocenters. The molecule has 0 aliphatic rings. The van der Waals surface area contributed by atoms with Crippen molar-refractivity contribution in [1.29, 1.82) is 5.26 Å². The zero-order chi connectivity index (χ0) is 14.8. The third-order valence-electron chi connectivity index (χ3n) is 3.03. The molecular formula is C16H12N4O. The summed E-state index contributed by atoms with van der Waals surface area (Å²) in [5.74, 6) is 0.800. The lowest BCUT2D eigenvalue weighted by molar-refractivity contribution is 0.457. The maximum atomic E-state index is 9.14. The summed E-state index contributed by atoms with van der Waals surface area (Å²) < 4.78 is 5.74. The maximum Gasteiger partial charge on any atom is 0.241 e. The monoisotopic (exact) mass is 276 g/mol. The minimum atomic E-state index is 0.365. The van der Waals surface area contributed by atoms with E-state index in [9.17, 15) is 0 Å². The SMILES string of the molecule is Cc1nc2ccccc2nc1Oc1ccc(N)cc1C#N. The Balaban J connectivity index is 2.06. The quantitative estimate of drug-likeness (QED) is 0.726. The van der Waals surface area contributed by atoms with Crippen molar-refractivity contribution in [2.24, 2.45) is 0 Å². The first kappa shape index (κ1) is 12.9. The number of hydrogen-bond donors (Lipinski definition) is 1. The summed E-state index contributed by atoms with van der Waals surface area (Å²) >= 11 is 0. The fourth-order valence-corrected chi connectivity index (χ4v) is 2.00. The highest BCUT2D eigenvalue weighted by atomic mass is 16.5. The number of hydrogen-bond acceptors (Lipinski definition) is 5. The number of rotatable bonds is 2. The molecular weight excluding hydrogens is 264 g/mol. The number of ether oxygens (including phenoxy) is 1. The van der Waals surface area contributed by atoms with Crippen LogP contribution >= 0.6 is 0 Å². The second-order valence-corrected chi connectivity index (χ2v) is 4.57. The topological polar surface area (TPSA) is 84.8 Å². The predicted molar refractivity (Wildman–Crippen MR) is 79.9 cm³/mol. The van der Waals surface area contributed by atoms with Crippen LogP contribution in [0.5, 0.6) is 11.6 Å². The molecule has 5 nitrogen and oxygen atoms in total. The van der Waals surface area contributed by atoms with Gasteiger partial charge in [-0.1, -0.05) is 12.1 Å². The Labute approximate surface area is 121 Å². The third kappa shape index (κ3) is 2.47. The van der Waals surface area contributed by atoms with E-state index in [0.29, 0.717) is 28.6 Å². The van der Waals surface area contributed by atoms with Crippen LogP contribution in [0.3, 0.4) is 0 Å². The minimum absolute atomic E-state index is 0.365. The van der Waals surface area contributed by atoms with Crippen molar-refractivity contribution < 1.29 is 4.74 Å². The Hall–Kier alpha value is -3.13. The first-order valence-corrected chi connectivity index (χ1v) is 6.38. The number of nitriles is 1. The van der Waals surface area contributed by atoms with Crippen molar-refractivity contribution in [3.8, 4) is 17.7 Å². The van der Waals surface area contributed by atoms with Crippen LogP contribution in [0.2, 0.25) is 0 Å². The zero-order valence-electron chi connectivity index (χ0n) is 11.4. The van der Waals surface area contributed by atoms with E-state index >= 15 is 0 Å². The van der Waals surface area contributed by atoms with E-state index in [4.69, 9.17) is 15.7 Å².